The summed E-state index contributed by atoms with van der Waals surface area (Å²) in [5.41, 5.74) is 6.83. The van der Waals surface area contributed by atoms with Crippen molar-refractivity contribution in [2.45, 2.75) is 11.3 Å². The lowest BCUT2D eigenvalue weighted by Gasteiger charge is -2.06. The van der Waals surface area contributed by atoms with Gasteiger partial charge >= 0.3 is 0 Å². The van der Waals surface area contributed by atoms with E-state index in [1.54, 1.807) is 29.6 Å². The first-order chi connectivity index (χ1) is 10.1. The molecule has 0 saturated heterocycles. The number of rotatable bonds is 5. The van der Waals surface area contributed by atoms with E-state index >= 15 is 0 Å². The highest BCUT2D eigenvalue weighted by atomic mass is 35.5. The highest BCUT2D eigenvalue weighted by Crippen LogP contribution is 2.29. The Labute approximate surface area is 135 Å². The molecule has 0 bridgehead atoms. The second kappa shape index (κ2) is 7.36. The van der Waals surface area contributed by atoms with E-state index in [2.05, 4.69) is 5.32 Å². The Morgan fingerprint density at radius 2 is 2.29 bits per heavy atom. The Morgan fingerprint density at radius 1 is 1.48 bits per heavy atom. The van der Waals surface area contributed by atoms with Gasteiger partial charge in [-0.2, -0.15) is 5.26 Å². The standard InChI is InChI=1S/C14H12ClN3OS2/c15-11-2-1-10(17)7-12(11)20-6-4-13(19)18-14-9(8-16)3-5-21-14/h1-3,5,7H,4,6,17H2,(H,18,19). The molecule has 0 aliphatic heterocycles. The summed E-state index contributed by atoms with van der Waals surface area (Å²) >= 11 is 8.87. The second-order valence-electron chi connectivity index (χ2n) is 4.11. The third-order valence-electron chi connectivity index (χ3n) is 2.58. The van der Waals surface area contributed by atoms with E-state index in [0.29, 0.717) is 33.4 Å². The molecule has 21 heavy (non-hydrogen) atoms. The third-order valence-corrected chi connectivity index (χ3v) is 4.91. The van der Waals surface area contributed by atoms with Crippen LogP contribution >= 0.6 is 34.7 Å². The van der Waals surface area contributed by atoms with Crippen molar-refractivity contribution < 1.29 is 4.79 Å². The van der Waals surface area contributed by atoms with Gasteiger partial charge in [0, 0.05) is 22.8 Å². The van der Waals surface area contributed by atoms with Gasteiger partial charge in [-0.1, -0.05) is 11.6 Å². The van der Waals surface area contributed by atoms with Crippen LogP contribution < -0.4 is 11.1 Å². The Morgan fingerprint density at radius 3 is 3.05 bits per heavy atom. The summed E-state index contributed by atoms with van der Waals surface area (Å²) in [6.45, 7) is 0. The van der Waals surface area contributed by atoms with Crippen LogP contribution in [-0.2, 0) is 4.79 Å². The largest absolute Gasteiger partial charge is 0.399 e. The lowest BCUT2D eigenvalue weighted by molar-refractivity contribution is -0.115. The molecule has 108 valence electrons. The zero-order valence-electron chi connectivity index (χ0n) is 10.9. The van der Waals surface area contributed by atoms with Gasteiger partial charge < -0.3 is 11.1 Å². The number of nitrogens with two attached hydrogens (primary N) is 1. The normalized spacial score (nSPS) is 10.1. The average Bonchev–Trinajstić information content (AvgIpc) is 2.89. The SMILES string of the molecule is N#Cc1ccsc1NC(=O)CCSc1cc(N)ccc1Cl. The van der Waals surface area contributed by atoms with Crippen molar-refractivity contribution in [1.82, 2.24) is 0 Å². The molecule has 0 aliphatic carbocycles. The molecule has 2 aromatic rings. The van der Waals surface area contributed by atoms with Crippen molar-refractivity contribution in [3.63, 3.8) is 0 Å². The highest BCUT2D eigenvalue weighted by molar-refractivity contribution is 7.99. The fourth-order valence-corrected chi connectivity index (χ4v) is 3.54. The van der Waals surface area contributed by atoms with Crippen molar-refractivity contribution in [2.75, 3.05) is 16.8 Å². The molecule has 1 amide bonds. The summed E-state index contributed by atoms with van der Waals surface area (Å²) in [5, 5.41) is 14.6. The molecule has 4 nitrogen and oxygen atoms in total. The van der Waals surface area contributed by atoms with Gasteiger partial charge in [0.25, 0.3) is 0 Å². The number of carbonyl (C=O) groups excluding carboxylic acids is 1. The van der Waals surface area contributed by atoms with Gasteiger partial charge in [-0.3, -0.25) is 4.79 Å². The van der Waals surface area contributed by atoms with Gasteiger partial charge in [0.05, 0.1) is 10.6 Å². The number of carbonyl (C=O) groups is 1. The first-order valence-electron chi connectivity index (χ1n) is 6.05. The van der Waals surface area contributed by atoms with Crippen LogP contribution in [-0.4, -0.2) is 11.7 Å². The first kappa shape index (κ1) is 15.7. The molecule has 0 saturated carbocycles. The molecule has 0 atom stereocenters. The van der Waals surface area contributed by atoms with Crippen LogP contribution in [0.25, 0.3) is 0 Å². The van der Waals surface area contributed by atoms with Crippen LogP contribution in [0.2, 0.25) is 5.02 Å². The molecule has 0 fully saturated rings. The molecule has 7 heteroatoms. The van der Waals surface area contributed by atoms with Gasteiger partial charge in [0.15, 0.2) is 0 Å². The Kier molecular flexibility index (Phi) is 5.51. The molecule has 1 aromatic carbocycles. The molecule has 0 spiro atoms. The van der Waals surface area contributed by atoms with Gasteiger partial charge in [-0.25, -0.2) is 0 Å². The molecule has 0 unspecified atom stereocenters. The molecule has 2 rings (SSSR count). The van der Waals surface area contributed by atoms with Gasteiger partial charge in [0.1, 0.15) is 11.1 Å². The Balaban J connectivity index is 1.85. The van der Waals surface area contributed by atoms with Gasteiger partial charge in [-0.15, -0.1) is 23.1 Å². The van der Waals surface area contributed by atoms with E-state index < -0.39 is 0 Å². The van der Waals surface area contributed by atoms with E-state index in [9.17, 15) is 4.79 Å². The van der Waals surface area contributed by atoms with Gasteiger partial charge in [0.2, 0.25) is 5.91 Å². The predicted octanol–water partition coefficient (Wildman–Crippen LogP) is 3.98. The van der Waals surface area contributed by atoms with Crippen LogP contribution in [0.4, 0.5) is 10.7 Å². The summed E-state index contributed by atoms with van der Waals surface area (Å²) in [5.74, 6) is 0.462. The number of nitrogens with one attached hydrogen (secondary N) is 1. The number of nitrogen functional groups attached to an aromatic ring is 1. The van der Waals surface area contributed by atoms with E-state index in [-0.39, 0.29) is 5.91 Å². The van der Waals surface area contributed by atoms with Crippen LogP contribution in [0.15, 0.2) is 34.5 Å². The maximum atomic E-state index is 11.8. The maximum absolute atomic E-state index is 11.8. The minimum atomic E-state index is -0.124. The number of hydrogen-bond donors (Lipinski definition) is 2. The number of anilines is 2. The number of thiophene rings is 1. The van der Waals surface area contributed by atoms with Crippen molar-refractivity contribution in [3.8, 4) is 6.07 Å². The third kappa shape index (κ3) is 4.39. The summed E-state index contributed by atoms with van der Waals surface area (Å²) in [4.78, 5) is 12.7. The predicted molar refractivity (Wildman–Crippen MR) is 88.9 cm³/mol. The minimum Gasteiger partial charge on any atom is -0.399 e. The van der Waals surface area contributed by atoms with Gasteiger partial charge in [-0.05, 0) is 29.6 Å². The number of benzene rings is 1. The van der Waals surface area contributed by atoms with Crippen LogP contribution in [0.3, 0.4) is 0 Å². The zero-order valence-corrected chi connectivity index (χ0v) is 13.3. The fraction of sp³-hybridized carbons (Fsp3) is 0.143. The second-order valence-corrected chi connectivity index (χ2v) is 6.57. The number of thioether (sulfide) groups is 1. The lowest BCUT2D eigenvalue weighted by atomic mass is 10.3. The average molecular weight is 338 g/mol. The number of nitrogens with zero attached hydrogens (tertiary/aromatic N) is 1. The number of hydrogen-bond acceptors (Lipinski definition) is 5. The van der Waals surface area contributed by atoms with Crippen molar-refractivity contribution >= 4 is 51.3 Å². The molecular weight excluding hydrogens is 326 g/mol. The van der Waals surface area contributed by atoms with Crippen molar-refractivity contribution in [2.24, 2.45) is 0 Å². The van der Waals surface area contributed by atoms with Crippen LogP contribution in [0, 0.1) is 11.3 Å². The summed E-state index contributed by atoms with van der Waals surface area (Å²) in [7, 11) is 0. The summed E-state index contributed by atoms with van der Waals surface area (Å²) in [6, 6.07) is 8.98. The van der Waals surface area contributed by atoms with E-state index in [0.717, 1.165) is 4.90 Å². The quantitative estimate of drug-likeness (QED) is 0.639. The summed E-state index contributed by atoms with van der Waals surface area (Å²) < 4.78 is 0. The van der Waals surface area contributed by atoms with E-state index in [1.807, 2.05) is 6.07 Å². The molecular formula is C14H12ClN3OS2. The number of nitriles is 1. The van der Waals surface area contributed by atoms with Crippen LogP contribution in [0.5, 0.6) is 0 Å². The molecule has 3 N–H and O–H groups in total. The zero-order chi connectivity index (χ0) is 15.2. The maximum Gasteiger partial charge on any atom is 0.225 e. The number of halogens is 1. The van der Waals surface area contributed by atoms with E-state index in [1.165, 1.54) is 23.1 Å². The Hall–Kier alpha value is -1.68. The molecule has 1 aromatic heterocycles. The van der Waals surface area contributed by atoms with Crippen LogP contribution in [0.1, 0.15) is 12.0 Å². The molecule has 0 radical (unpaired) electrons. The monoisotopic (exact) mass is 337 g/mol. The Bertz CT molecular complexity index is 694. The lowest BCUT2D eigenvalue weighted by Crippen LogP contribution is -2.11. The molecule has 1 heterocycles. The number of amides is 1. The van der Waals surface area contributed by atoms with Crippen molar-refractivity contribution in [3.05, 3.63) is 40.2 Å². The first-order valence-corrected chi connectivity index (χ1v) is 8.29. The van der Waals surface area contributed by atoms with Crippen molar-refractivity contribution in [1.29, 1.82) is 5.26 Å². The topological polar surface area (TPSA) is 78.9 Å². The smallest absolute Gasteiger partial charge is 0.225 e. The fourth-order valence-electron chi connectivity index (χ4n) is 1.57. The molecule has 0 aliphatic rings. The minimum absolute atomic E-state index is 0.124. The summed E-state index contributed by atoms with van der Waals surface area (Å²) in [6.07, 6.45) is 0.332. The van der Waals surface area contributed by atoms with E-state index in [4.69, 9.17) is 22.6 Å². The highest BCUT2D eigenvalue weighted by Gasteiger charge is 2.09.